The molecule has 0 heterocycles. The van der Waals surface area contributed by atoms with Crippen LogP contribution in [0.1, 0.15) is 19.4 Å². The zero-order chi connectivity index (χ0) is 14.4. The molecule has 0 bridgehead atoms. The maximum absolute atomic E-state index is 9.95. The standard InChI is InChI=1S/C16H20N2O2/c1-12(2)20-15-9-8-13(16(19)10-15)11-17-18-14-6-4-3-5-7-14/h3-10,12,17-19H,11H2,1-2H3. The molecule has 0 saturated carbocycles. The van der Waals surface area contributed by atoms with Gasteiger partial charge in [-0.15, -0.1) is 0 Å². The second-order valence-corrected chi connectivity index (χ2v) is 4.80. The van der Waals surface area contributed by atoms with Gasteiger partial charge in [-0.05, 0) is 32.0 Å². The maximum atomic E-state index is 9.95. The van der Waals surface area contributed by atoms with E-state index in [0.29, 0.717) is 12.3 Å². The quantitative estimate of drug-likeness (QED) is 0.706. The number of hydrazine groups is 1. The van der Waals surface area contributed by atoms with E-state index in [4.69, 9.17) is 4.74 Å². The average Bonchev–Trinajstić information content (AvgIpc) is 2.42. The molecule has 4 nitrogen and oxygen atoms in total. The van der Waals surface area contributed by atoms with Gasteiger partial charge in [0.15, 0.2) is 0 Å². The van der Waals surface area contributed by atoms with Gasteiger partial charge in [0.2, 0.25) is 0 Å². The van der Waals surface area contributed by atoms with Crippen LogP contribution in [0.3, 0.4) is 0 Å². The third-order valence-corrected chi connectivity index (χ3v) is 2.71. The van der Waals surface area contributed by atoms with E-state index < -0.39 is 0 Å². The van der Waals surface area contributed by atoms with Crippen molar-refractivity contribution in [3.05, 3.63) is 54.1 Å². The summed E-state index contributed by atoms with van der Waals surface area (Å²) in [5, 5.41) is 9.95. The molecule has 2 aromatic carbocycles. The number of benzene rings is 2. The van der Waals surface area contributed by atoms with E-state index in [1.807, 2.05) is 56.3 Å². The van der Waals surface area contributed by atoms with Crippen LogP contribution in [0.2, 0.25) is 0 Å². The van der Waals surface area contributed by atoms with Crippen LogP contribution in [0.5, 0.6) is 11.5 Å². The lowest BCUT2D eigenvalue weighted by Gasteiger charge is -2.13. The third-order valence-electron chi connectivity index (χ3n) is 2.71. The van der Waals surface area contributed by atoms with Gasteiger partial charge in [-0.25, -0.2) is 5.43 Å². The molecule has 0 amide bonds. The summed E-state index contributed by atoms with van der Waals surface area (Å²) in [4.78, 5) is 0. The van der Waals surface area contributed by atoms with Crippen LogP contribution >= 0.6 is 0 Å². The van der Waals surface area contributed by atoms with Gasteiger partial charge in [0.1, 0.15) is 11.5 Å². The lowest BCUT2D eigenvalue weighted by Crippen LogP contribution is -2.20. The van der Waals surface area contributed by atoms with Crippen LogP contribution in [0.4, 0.5) is 5.69 Å². The summed E-state index contributed by atoms with van der Waals surface area (Å²) in [5.74, 6) is 0.905. The molecule has 0 saturated heterocycles. The molecule has 0 aliphatic rings. The van der Waals surface area contributed by atoms with Crippen molar-refractivity contribution in [3.63, 3.8) is 0 Å². The molecule has 0 aliphatic heterocycles. The molecule has 0 aromatic heterocycles. The van der Waals surface area contributed by atoms with Crippen LogP contribution in [-0.2, 0) is 6.54 Å². The van der Waals surface area contributed by atoms with Crippen LogP contribution in [-0.4, -0.2) is 11.2 Å². The molecule has 0 unspecified atom stereocenters. The Morgan fingerprint density at radius 3 is 2.50 bits per heavy atom. The minimum absolute atomic E-state index is 0.0955. The average molecular weight is 272 g/mol. The first-order valence-corrected chi connectivity index (χ1v) is 6.67. The molecule has 20 heavy (non-hydrogen) atoms. The fourth-order valence-electron chi connectivity index (χ4n) is 1.80. The fraction of sp³-hybridized carbons (Fsp3) is 0.250. The van der Waals surface area contributed by atoms with E-state index >= 15 is 0 Å². The Morgan fingerprint density at radius 2 is 1.85 bits per heavy atom. The highest BCUT2D eigenvalue weighted by Gasteiger charge is 2.04. The summed E-state index contributed by atoms with van der Waals surface area (Å²) >= 11 is 0. The Balaban J connectivity index is 1.90. The molecule has 4 heteroatoms. The maximum Gasteiger partial charge on any atom is 0.123 e. The second kappa shape index (κ2) is 6.82. The Kier molecular flexibility index (Phi) is 4.85. The normalized spacial score (nSPS) is 10.6. The molecular weight excluding hydrogens is 252 g/mol. The van der Waals surface area contributed by atoms with E-state index in [-0.39, 0.29) is 11.9 Å². The van der Waals surface area contributed by atoms with Crippen molar-refractivity contribution in [2.24, 2.45) is 0 Å². The first kappa shape index (κ1) is 14.2. The molecular formula is C16H20N2O2. The summed E-state index contributed by atoms with van der Waals surface area (Å²) in [6.45, 7) is 4.43. The van der Waals surface area contributed by atoms with Crippen molar-refractivity contribution in [1.29, 1.82) is 0 Å². The van der Waals surface area contributed by atoms with E-state index in [1.165, 1.54) is 0 Å². The first-order valence-electron chi connectivity index (χ1n) is 6.67. The summed E-state index contributed by atoms with van der Waals surface area (Å²) in [6, 6.07) is 15.2. The highest BCUT2D eigenvalue weighted by molar-refractivity contribution is 5.42. The van der Waals surface area contributed by atoms with Crippen molar-refractivity contribution in [2.45, 2.75) is 26.5 Å². The van der Waals surface area contributed by atoms with Crippen molar-refractivity contribution >= 4 is 5.69 Å². The van der Waals surface area contributed by atoms with Gasteiger partial charge in [-0.2, -0.15) is 0 Å². The Morgan fingerprint density at radius 1 is 1.10 bits per heavy atom. The van der Waals surface area contributed by atoms with Gasteiger partial charge in [-0.1, -0.05) is 24.3 Å². The Bertz CT molecular complexity index is 541. The number of hydrogen-bond acceptors (Lipinski definition) is 4. The summed E-state index contributed by atoms with van der Waals surface area (Å²) in [5.41, 5.74) is 7.93. The molecule has 0 atom stereocenters. The predicted octanol–water partition coefficient (Wildman–Crippen LogP) is 3.30. The molecule has 106 valence electrons. The van der Waals surface area contributed by atoms with Gasteiger partial charge in [0.25, 0.3) is 0 Å². The number of phenolic OH excluding ortho intramolecular Hbond substituents is 1. The highest BCUT2D eigenvalue weighted by atomic mass is 16.5. The van der Waals surface area contributed by atoms with Gasteiger partial charge >= 0.3 is 0 Å². The SMILES string of the molecule is CC(C)Oc1ccc(CNNc2ccccc2)c(O)c1. The van der Waals surface area contributed by atoms with Crippen molar-refractivity contribution in [3.8, 4) is 11.5 Å². The molecule has 2 aromatic rings. The predicted molar refractivity (Wildman–Crippen MR) is 80.8 cm³/mol. The van der Waals surface area contributed by atoms with Gasteiger partial charge in [-0.3, -0.25) is 0 Å². The first-order chi connectivity index (χ1) is 9.65. The highest BCUT2D eigenvalue weighted by Crippen LogP contribution is 2.24. The summed E-state index contributed by atoms with van der Waals surface area (Å²) in [6.07, 6.45) is 0.0955. The van der Waals surface area contributed by atoms with Crippen molar-refractivity contribution < 1.29 is 9.84 Å². The molecule has 0 aliphatic carbocycles. The monoisotopic (exact) mass is 272 g/mol. The van der Waals surface area contributed by atoms with Gasteiger partial charge in [0.05, 0.1) is 6.10 Å². The lowest BCUT2D eigenvalue weighted by atomic mass is 10.2. The second-order valence-electron chi connectivity index (χ2n) is 4.80. The smallest absolute Gasteiger partial charge is 0.123 e. The minimum Gasteiger partial charge on any atom is -0.507 e. The summed E-state index contributed by atoms with van der Waals surface area (Å²) in [7, 11) is 0. The van der Waals surface area contributed by atoms with E-state index in [0.717, 1.165) is 11.3 Å². The summed E-state index contributed by atoms with van der Waals surface area (Å²) < 4.78 is 5.53. The third kappa shape index (κ3) is 4.17. The van der Waals surface area contributed by atoms with Crippen molar-refractivity contribution in [1.82, 2.24) is 5.43 Å². The minimum atomic E-state index is 0.0955. The topological polar surface area (TPSA) is 53.5 Å². The molecule has 0 radical (unpaired) electrons. The number of para-hydroxylation sites is 1. The number of aromatic hydroxyl groups is 1. The van der Waals surface area contributed by atoms with E-state index in [2.05, 4.69) is 10.9 Å². The number of nitrogens with one attached hydrogen (secondary N) is 2. The molecule has 0 spiro atoms. The number of rotatable bonds is 6. The largest absolute Gasteiger partial charge is 0.507 e. The zero-order valence-corrected chi connectivity index (χ0v) is 11.8. The zero-order valence-electron chi connectivity index (χ0n) is 11.8. The van der Waals surface area contributed by atoms with Crippen LogP contribution in [0.25, 0.3) is 0 Å². The van der Waals surface area contributed by atoms with Gasteiger partial charge in [0, 0.05) is 23.9 Å². The van der Waals surface area contributed by atoms with Crippen LogP contribution in [0, 0.1) is 0 Å². The van der Waals surface area contributed by atoms with E-state index in [1.54, 1.807) is 6.07 Å². The fourth-order valence-corrected chi connectivity index (χ4v) is 1.80. The molecule has 0 fully saturated rings. The number of anilines is 1. The number of hydrogen-bond donors (Lipinski definition) is 3. The van der Waals surface area contributed by atoms with E-state index in [9.17, 15) is 5.11 Å². The Hall–Kier alpha value is -2.20. The number of ether oxygens (including phenoxy) is 1. The molecule has 2 rings (SSSR count). The number of phenols is 1. The van der Waals surface area contributed by atoms with Gasteiger partial charge < -0.3 is 15.3 Å². The van der Waals surface area contributed by atoms with Crippen LogP contribution < -0.4 is 15.6 Å². The molecule has 3 N–H and O–H groups in total. The Labute approximate surface area is 119 Å². The van der Waals surface area contributed by atoms with Crippen LogP contribution in [0.15, 0.2) is 48.5 Å². The van der Waals surface area contributed by atoms with Crippen molar-refractivity contribution in [2.75, 3.05) is 5.43 Å². The lowest BCUT2D eigenvalue weighted by molar-refractivity contribution is 0.241.